The standard InChI is InChI=1S/C22H18BrN3O/c23-17-11-9-16(10-12-17)15-24-25-22(27)13-14-26-20-7-3-1-5-18(20)19-6-2-4-8-21(19)26/h1-12,15H,13-14H2,(H,25,27). The zero-order valence-electron chi connectivity index (χ0n) is 14.6. The van der Waals surface area contributed by atoms with Gasteiger partial charge in [0.2, 0.25) is 5.91 Å². The highest BCUT2D eigenvalue weighted by Gasteiger charge is 2.10. The first-order chi connectivity index (χ1) is 13.2. The van der Waals surface area contributed by atoms with Crippen molar-refractivity contribution in [1.82, 2.24) is 9.99 Å². The maximum absolute atomic E-state index is 12.2. The topological polar surface area (TPSA) is 46.4 Å². The van der Waals surface area contributed by atoms with Crippen molar-refractivity contribution in [2.24, 2.45) is 5.10 Å². The van der Waals surface area contributed by atoms with Gasteiger partial charge in [-0.1, -0.05) is 64.5 Å². The highest BCUT2D eigenvalue weighted by atomic mass is 79.9. The van der Waals surface area contributed by atoms with E-state index in [9.17, 15) is 4.79 Å². The Morgan fingerprint density at radius 2 is 1.52 bits per heavy atom. The van der Waals surface area contributed by atoms with Crippen molar-refractivity contribution in [1.29, 1.82) is 0 Å². The van der Waals surface area contributed by atoms with Gasteiger partial charge < -0.3 is 4.57 Å². The van der Waals surface area contributed by atoms with Crippen molar-refractivity contribution in [3.8, 4) is 0 Å². The summed E-state index contributed by atoms with van der Waals surface area (Å²) in [5.41, 5.74) is 5.83. The quantitative estimate of drug-likeness (QED) is 0.355. The zero-order valence-corrected chi connectivity index (χ0v) is 16.2. The SMILES string of the molecule is O=C(CCn1c2ccccc2c2ccccc21)NN=Cc1ccc(Br)cc1. The molecule has 0 spiro atoms. The number of aryl methyl sites for hydroxylation is 1. The Hall–Kier alpha value is -2.92. The minimum absolute atomic E-state index is 0.106. The third kappa shape index (κ3) is 3.78. The molecule has 1 heterocycles. The molecule has 3 aromatic carbocycles. The summed E-state index contributed by atoms with van der Waals surface area (Å²) in [7, 11) is 0. The lowest BCUT2D eigenvalue weighted by atomic mass is 10.2. The van der Waals surface area contributed by atoms with Gasteiger partial charge in [-0.3, -0.25) is 4.79 Å². The molecule has 0 aliphatic carbocycles. The van der Waals surface area contributed by atoms with Crippen LogP contribution in [0.25, 0.3) is 21.8 Å². The number of fused-ring (bicyclic) bond motifs is 3. The molecule has 0 aliphatic heterocycles. The summed E-state index contributed by atoms with van der Waals surface area (Å²) in [6.45, 7) is 0.605. The van der Waals surface area contributed by atoms with E-state index in [0.717, 1.165) is 21.1 Å². The van der Waals surface area contributed by atoms with Crippen LogP contribution < -0.4 is 5.43 Å². The first kappa shape index (κ1) is 17.5. The number of nitrogens with one attached hydrogen (secondary N) is 1. The van der Waals surface area contributed by atoms with Crippen LogP contribution in [0.1, 0.15) is 12.0 Å². The lowest BCUT2D eigenvalue weighted by Gasteiger charge is -2.06. The molecule has 1 aromatic heterocycles. The molecule has 0 saturated heterocycles. The Morgan fingerprint density at radius 1 is 0.926 bits per heavy atom. The van der Waals surface area contributed by atoms with E-state index in [1.807, 2.05) is 48.5 Å². The van der Waals surface area contributed by atoms with Crippen LogP contribution in [0.3, 0.4) is 0 Å². The average Bonchev–Trinajstić information content (AvgIpc) is 3.02. The van der Waals surface area contributed by atoms with E-state index in [1.165, 1.54) is 10.8 Å². The van der Waals surface area contributed by atoms with Gasteiger partial charge in [-0.15, -0.1) is 0 Å². The highest BCUT2D eigenvalue weighted by molar-refractivity contribution is 9.10. The van der Waals surface area contributed by atoms with Crippen molar-refractivity contribution in [3.05, 3.63) is 82.8 Å². The first-order valence-electron chi connectivity index (χ1n) is 8.76. The van der Waals surface area contributed by atoms with Crippen molar-refractivity contribution >= 4 is 49.9 Å². The number of aromatic nitrogens is 1. The number of hydrazone groups is 1. The third-order valence-corrected chi connectivity index (χ3v) is 5.04. The summed E-state index contributed by atoms with van der Waals surface area (Å²) < 4.78 is 3.21. The fourth-order valence-corrected chi connectivity index (χ4v) is 3.51. The predicted octanol–water partition coefficient (Wildman–Crippen LogP) is 5.10. The summed E-state index contributed by atoms with van der Waals surface area (Å²) in [5, 5.41) is 6.47. The molecule has 0 saturated carbocycles. The number of benzene rings is 3. The molecule has 5 heteroatoms. The second kappa shape index (κ2) is 7.76. The van der Waals surface area contributed by atoms with Crippen LogP contribution in [0.15, 0.2) is 82.4 Å². The Bertz CT molecular complexity index is 1080. The summed E-state index contributed by atoms with van der Waals surface area (Å²) >= 11 is 3.39. The van der Waals surface area contributed by atoms with Crippen LogP contribution in [0, 0.1) is 0 Å². The second-order valence-electron chi connectivity index (χ2n) is 6.28. The van der Waals surface area contributed by atoms with Crippen LogP contribution in [0.4, 0.5) is 0 Å². The van der Waals surface area contributed by atoms with Crippen LogP contribution in [0.2, 0.25) is 0 Å². The van der Waals surface area contributed by atoms with Gasteiger partial charge in [-0.25, -0.2) is 5.43 Å². The molecule has 0 atom stereocenters. The van der Waals surface area contributed by atoms with Crippen molar-refractivity contribution in [2.45, 2.75) is 13.0 Å². The number of nitrogens with zero attached hydrogens (tertiary/aromatic N) is 2. The van der Waals surface area contributed by atoms with Gasteiger partial charge in [-0.2, -0.15) is 5.10 Å². The number of rotatable bonds is 5. The molecule has 0 fully saturated rings. The number of hydrogen-bond acceptors (Lipinski definition) is 2. The molecular formula is C22H18BrN3O. The second-order valence-corrected chi connectivity index (χ2v) is 7.20. The molecule has 0 radical (unpaired) electrons. The molecule has 27 heavy (non-hydrogen) atoms. The fraction of sp³-hybridized carbons (Fsp3) is 0.0909. The molecule has 0 bridgehead atoms. The largest absolute Gasteiger partial charge is 0.340 e. The van der Waals surface area contributed by atoms with Gasteiger partial charge >= 0.3 is 0 Å². The van der Waals surface area contributed by atoms with Crippen molar-refractivity contribution in [3.63, 3.8) is 0 Å². The van der Waals surface area contributed by atoms with Crippen LogP contribution in [-0.2, 0) is 11.3 Å². The van der Waals surface area contributed by atoms with Gasteiger partial charge in [-0.05, 0) is 29.8 Å². The van der Waals surface area contributed by atoms with Crippen LogP contribution in [0.5, 0.6) is 0 Å². The van der Waals surface area contributed by atoms with E-state index < -0.39 is 0 Å². The number of amides is 1. The van der Waals surface area contributed by atoms with Gasteiger partial charge in [0.25, 0.3) is 0 Å². The Kier molecular flexibility index (Phi) is 5.03. The zero-order chi connectivity index (χ0) is 18.6. The molecule has 4 rings (SSSR count). The predicted molar refractivity (Wildman–Crippen MR) is 114 cm³/mol. The van der Waals surface area contributed by atoms with E-state index in [2.05, 4.69) is 55.3 Å². The summed E-state index contributed by atoms with van der Waals surface area (Å²) in [6, 6.07) is 24.3. The van der Waals surface area contributed by atoms with Crippen molar-refractivity contribution in [2.75, 3.05) is 0 Å². The van der Waals surface area contributed by atoms with Crippen molar-refractivity contribution < 1.29 is 4.79 Å². The molecular weight excluding hydrogens is 402 g/mol. The Balaban J connectivity index is 1.46. The molecule has 134 valence electrons. The molecule has 4 aromatic rings. The van der Waals surface area contributed by atoms with Crippen LogP contribution >= 0.6 is 15.9 Å². The van der Waals surface area contributed by atoms with E-state index in [4.69, 9.17) is 0 Å². The normalized spacial score (nSPS) is 11.4. The number of hydrogen-bond donors (Lipinski definition) is 1. The van der Waals surface area contributed by atoms with Crippen LogP contribution in [-0.4, -0.2) is 16.7 Å². The first-order valence-corrected chi connectivity index (χ1v) is 9.55. The third-order valence-electron chi connectivity index (χ3n) is 4.52. The number of carbonyl (C=O) groups excluding carboxylic acids is 1. The fourth-order valence-electron chi connectivity index (χ4n) is 3.24. The monoisotopic (exact) mass is 419 g/mol. The Morgan fingerprint density at radius 3 is 2.15 bits per heavy atom. The molecule has 1 N–H and O–H groups in total. The summed E-state index contributed by atoms with van der Waals surface area (Å²) in [5.74, 6) is -0.106. The van der Waals surface area contributed by atoms with Gasteiger partial charge in [0.05, 0.1) is 6.21 Å². The number of carbonyl (C=O) groups is 1. The summed E-state index contributed by atoms with van der Waals surface area (Å²) in [4.78, 5) is 12.2. The van der Waals surface area contributed by atoms with E-state index in [1.54, 1.807) is 6.21 Å². The maximum atomic E-state index is 12.2. The molecule has 0 unspecified atom stereocenters. The summed E-state index contributed by atoms with van der Waals surface area (Å²) in [6.07, 6.45) is 2.01. The lowest BCUT2D eigenvalue weighted by molar-refractivity contribution is -0.121. The van der Waals surface area contributed by atoms with E-state index >= 15 is 0 Å². The molecule has 1 amide bonds. The van der Waals surface area contributed by atoms with Gasteiger partial charge in [0.1, 0.15) is 0 Å². The minimum atomic E-state index is -0.106. The highest BCUT2D eigenvalue weighted by Crippen LogP contribution is 2.28. The number of halogens is 1. The average molecular weight is 420 g/mol. The lowest BCUT2D eigenvalue weighted by Crippen LogP contribution is -2.19. The van der Waals surface area contributed by atoms with Gasteiger partial charge in [0.15, 0.2) is 0 Å². The van der Waals surface area contributed by atoms with E-state index in [0.29, 0.717) is 13.0 Å². The Labute approximate surface area is 165 Å². The smallest absolute Gasteiger partial charge is 0.241 e. The minimum Gasteiger partial charge on any atom is -0.340 e. The molecule has 4 nitrogen and oxygen atoms in total. The van der Waals surface area contributed by atoms with E-state index in [-0.39, 0.29) is 5.91 Å². The number of para-hydroxylation sites is 2. The maximum Gasteiger partial charge on any atom is 0.241 e. The molecule has 0 aliphatic rings. The van der Waals surface area contributed by atoms with Gasteiger partial charge in [0, 0.05) is 39.2 Å².